The van der Waals surface area contributed by atoms with Gasteiger partial charge in [-0.2, -0.15) is 0 Å². The Morgan fingerprint density at radius 2 is 1.93 bits per heavy atom. The molecule has 30 heavy (non-hydrogen) atoms. The molecule has 0 aliphatic heterocycles. The molecule has 0 radical (unpaired) electrons. The van der Waals surface area contributed by atoms with Crippen LogP contribution in [0.5, 0.6) is 5.75 Å². The number of rotatable bonds is 6. The number of carbonyl (C=O) groups excluding carboxylic acids is 2. The topological polar surface area (TPSA) is 97.6 Å². The molecule has 8 nitrogen and oxygen atoms in total. The van der Waals surface area contributed by atoms with Crippen molar-refractivity contribution in [3.8, 4) is 5.75 Å². The van der Waals surface area contributed by atoms with Crippen LogP contribution in [0.3, 0.4) is 0 Å². The molecule has 0 fully saturated rings. The Morgan fingerprint density at radius 1 is 1.10 bits per heavy atom. The van der Waals surface area contributed by atoms with E-state index in [1.165, 1.54) is 11.3 Å². The van der Waals surface area contributed by atoms with E-state index >= 15 is 0 Å². The van der Waals surface area contributed by atoms with E-state index in [4.69, 9.17) is 4.74 Å². The normalized spacial score (nSPS) is 10.7. The van der Waals surface area contributed by atoms with Gasteiger partial charge in [-0.15, -0.1) is 11.3 Å². The van der Waals surface area contributed by atoms with Crippen LogP contribution in [0.4, 0.5) is 10.8 Å². The van der Waals surface area contributed by atoms with E-state index in [2.05, 4.69) is 20.6 Å². The van der Waals surface area contributed by atoms with Crippen molar-refractivity contribution in [3.05, 3.63) is 71.1 Å². The average molecular weight is 421 g/mol. The maximum Gasteiger partial charge on any atom is 0.277 e. The standard InChI is InChI=1S/C21H19N5O3S/c1-13-7-8-18-23-16(11-26(18)10-13)20(28)25-21-22-14(12-30-21)9-19(27)24-15-5-3-4-6-17(15)29-2/h3-8,10-12H,9H2,1-2H3,(H,24,27)(H,22,25,28). The minimum absolute atomic E-state index is 0.0814. The van der Waals surface area contributed by atoms with Crippen LogP contribution >= 0.6 is 11.3 Å². The van der Waals surface area contributed by atoms with Gasteiger partial charge in [-0.25, -0.2) is 9.97 Å². The molecule has 0 bridgehead atoms. The van der Waals surface area contributed by atoms with Gasteiger partial charge in [-0.3, -0.25) is 14.9 Å². The number of nitrogens with zero attached hydrogens (tertiary/aromatic N) is 3. The summed E-state index contributed by atoms with van der Waals surface area (Å²) in [5.74, 6) is 0.00820. The van der Waals surface area contributed by atoms with Gasteiger partial charge in [0.15, 0.2) is 5.13 Å². The number of pyridine rings is 1. The van der Waals surface area contributed by atoms with Crippen molar-refractivity contribution < 1.29 is 14.3 Å². The van der Waals surface area contributed by atoms with Crippen LogP contribution in [0.1, 0.15) is 21.7 Å². The first-order valence-electron chi connectivity index (χ1n) is 9.16. The number of aromatic nitrogens is 3. The summed E-state index contributed by atoms with van der Waals surface area (Å²) in [4.78, 5) is 33.5. The Hall–Kier alpha value is -3.72. The Labute approximate surface area is 176 Å². The minimum Gasteiger partial charge on any atom is -0.495 e. The number of nitrogens with one attached hydrogen (secondary N) is 2. The van der Waals surface area contributed by atoms with Crippen LogP contribution in [0, 0.1) is 6.92 Å². The zero-order valence-corrected chi connectivity index (χ0v) is 17.2. The number of methoxy groups -OCH3 is 1. The summed E-state index contributed by atoms with van der Waals surface area (Å²) in [6, 6.07) is 11.0. The Balaban J connectivity index is 1.39. The molecule has 0 aliphatic rings. The van der Waals surface area contributed by atoms with Gasteiger partial charge < -0.3 is 14.5 Å². The molecule has 0 aliphatic carbocycles. The van der Waals surface area contributed by atoms with E-state index in [-0.39, 0.29) is 18.2 Å². The molecule has 0 atom stereocenters. The number of amides is 2. The van der Waals surface area contributed by atoms with Crippen molar-refractivity contribution >= 4 is 39.6 Å². The lowest BCUT2D eigenvalue weighted by Gasteiger charge is -2.08. The van der Waals surface area contributed by atoms with E-state index in [1.54, 1.807) is 35.2 Å². The van der Waals surface area contributed by atoms with Crippen molar-refractivity contribution in [2.45, 2.75) is 13.3 Å². The van der Waals surface area contributed by atoms with Crippen molar-refractivity contribution in [1.29, 1.82) is 0 Å². The largest absolute Gasteiger partial charge is 0.495 e. The molecular formula is C21H19N5O3S. The zero-order valence-electron chi connectivity index (χ0n) is 16.4. The Kier molecular flexibility index (Phi) is 5.44. The lowest BCUT2D eigenvalue weighted by molar-refractivity contribution is -0.115. The van der Waals surface area contributed by atoms with Gasteiger partial charge in [-0.05, 0) is 30.7 Å². The van der Waals surface area contributed by atoms with E-state index < -0.39 is 0 Å². The SMILES string of the molecule is COc1ccccc1NC(=O)Cc1csc(NC(=O)c2cn3cc(C)ccc3n2)n1. The third-order valence-corrected chi connectivity index (χ3v) is 5.13. The number of imidazole rings is 1. The number of thiazole rings is 1. The summed E-state index contributed by atoms with van der Waals surface area (Å²) in [5, 5.41) is 7.69. The van der Waals surface area contributed by atoms with Crippen molar-refractivity contribution in [1.82, 2.24) is 14.4 Å². The van der Waals surface area contributed by atoms with Crippen LogP contribution in [0.25, 0.3) is 5.65 Å². The maximum atomic E-state index is 12.5. The van der Waals surface area contributed by atoms with Gasteiger partial charge in [0, 0.05) is 17.8 Å². The van der Waals surface area contributed by atoms with Gasteiger partial charge in [0.1, 0.15) is 17.1 Å². The lowest BCUT2D eigenvalue weighted by Crippen LogP contribution is -2.15. The first-order chi connectivity index (χ1) is 14.5. The molecule has 3 aromatic heterocycles. The second-order valence-corrected chi connectivity index (χ2v) is 7.48. The third kappa shape index (κ3) is 4.31. The van der Waals surface area contributed by atoms with Gasteiger partial charge >= 0.3 is 0 Å². The van der Waals surface area contributed by atoms with E-state index in [9.17, 15) is 9.59 Å². The predicted octanol–water partition coefficient (Wildman–Crippen LogP) is 3.54. The Morgan fingerprint density at radius 3 is 2.77 bits per heavy atom. The number of anilines is 2. The summed E-state index contributed by atoms with van der Waals surface area (Å²) in [6.45, 7) is 1.97. The highest BCUT2D eigenvalue weighted by molar-refractivity contribution is 7.14. The van der Waals surface area contributed by atoms with E-state index in [0.29, 0.717) is 33.6 Å². The predicted molar refractivity (Wildman–Crippen MR) is 115 cm³/mol. The van der Waals surface area contributed by atoms with Crippen LogP contribution < -0.4 is 15.4 Å². The van der Waals surface area contributed by atoms with Crippen LogP contribution in [-0.4, -0.2) is 33.3 Å². The lowest BCUT2D eigenvalue weighted by atomic mass is 10.2. The number of hydrogen-bond donors (Lipinski definition) is 2. The van der Waals surface area contributed by atoms with Gasteiger partial charge in [0.25, 0.3) is 5.91 Å². The fourth-order valence-corrected chi connectivity index (χ4v) is 3.63. The smallest absolute Gasteiger partial charge is 0.277 e. The zero-order chi connectivity index (χ0) is 21.1. The molecule has 0 saturated heterocycles. The van der Waals surface area contributed by atoms with Crippen LogP contribution in [-0.2, 0) is 11.2 Å². The molecular weight excluding hydrogens is 402 g/mol. The number of benzene rings is 1. The number of para-hydroxylation sites is 2. The van der Waals surface area contributed by atoms with Gasteiger partial charge in [0.2, 0.25) is 5.91 Å². The van der Waals surface area contributed by atoms with Gasteiger partial charge in [0.05, 0.1) is 24.9 Å². The average Bonchev–Trinajstić information content (AvgIpc) is 3.34. The second-order valence-electron chi connectivity index (χ2n) is 6.62. The summed E-state index contributed by atoms with van der Waals surface area (Å²) in [5.41, 5.74) is 3.22. The highest BCUT2D eigenvalue weighted by Crippen LogP contribution is 2.23. The number of carbonyl (C=O) groups is 2. The molecule has 0 spiro atoms. The van der Waals surface area contributed by atoms with E-state index in [0.717, 1.165) is 5.56 Å². The summed E-state index contributed by atoms with van der Waals surface area (Å²) in [7, 11) is 1.55. The van der Waals surface area contributed by atoms with Crippen LogP contribution in [0.15, 0.2) is 54.2 Å². The molecule has 2 N–H and O–H groups in total. The summed E-state index contributed by atoms with van der Waals surface area (Å²) >= 11 is 1.26. The van der Waals surface area contributed by atoms with Gasteiger partial charge in [-0.1, -0.05) is 18.2 Å². The molecule has 2 amide bonds. The van der Waals surface area contributed by atoms with Crippen LogP contribution in [0.2, 0.25) is 0 Å². The van der Waals surface area contributed by atoms with Crippen molar-refractivity contribution in [2.75, 3.05) is 17.7 Å². The highest BCUT2D eigenvalue weighted by atomic mass is 32.1. The third-order valence-electron chi connectivity index (χ3n) is 4.33. The number of aryl methyl sites for hydroxylation is 1. The molecule has 0 saturated carbocycles. The fraction of sp³-hybridized carbons (Fsp3) is 0.143. The quantitative estimate of drug-likeness (QED) is 0.496. The molecule has 1 aromatic carbocycles. The maximum absolute atomic E-state index is 12.5. The summed E-state index contributed by atoms with van der Waals surface area (Å²) in [6.07, 6.45) is 3.66. The van der Waals surface area contributed by atoms with E-state index in [1.807, 2.05) is 37.4 Å². The number of fused-ring (bicyclic) bond motifs is 1. The monoisotopic (exact) mass is 421 g/mol. The molecule has 152 valence electrons. The Bertz CT molecular complexity index is 1230. The van der Waals surface area contributed by atoms with Crippen molar-refractivity contribution in [3.63, 3.8) is 0 Å². The molecule has 4 rings (SSSR count). The molecule has 3 heterocycles. The molecule has 9 heteroatoms. The molecule has 0 unspecified atom stereocenters. The fourth-order valence-electron chi connectivity index (χ4n) is 2.93. The first kappa shape index (κ1) is 19.6. The minimum atomic E-state index is -0.351. The summed E-state index contributed by atoms with van der Waals surface area (Å²) < 4.78 is 7.04. The first-order valence-corrected chi connectivity index (χ1v) is 10.0. The number of ether oxygens (including phenoxy) is 1. The second kappa shape index (κ2) is 8.34. The number of hydrogen-bond acceptors (Lipinski definition) is 6. The molecule has 4 aromatic rings. The van der Waals surface area contributed by atoms with Crippen molar-refractivity contribution in [2.24, 2.45) is 0 Å². The highest BCUT2D eigenvalue weighted by Gasteiger charge is 2.15.